The minimum atomic E-state index is 0.216. The molecular formula is C18H28N2O. The van der Waals surface area contributed by atoms with E-state index in [0.29, 0.717) is 6.42 Å². The molecule has 2 atom stereocenters. The van der Waals surface area contributed by atoms with Crippen LogP contribution in [0.15, 0.2) is 18.2 Å². The van der Waals surface area contributed by atoms with E-state index in [4.69, 9.17) is 5.73 Å². The van der Waals surface area contributed by atoms with Gasteiger partial charge in [-0.1, -0.05) is 38.8 Å². The first kappa shape index (κ1) is 16.0. The zero-order chi connectivity index (χ0) is 15.4. The maximum absolute atomic E-state index is 12.1. The number of hydrogen-bond donors (Lipinski definition) is 1. The molecule has 0 spiro atoms. The van der Waals surface area contributed by atoms with E-state index in [-0.39, 0.29) is 18.0 Å². The first-order chi connectivity index (χ1) is 10.1. The number of anilines is 1. The Balaban J connectivity index is 2.11. The van der Waals surface area contributed by atoms with Crippen molar-refractivity contribution in [3.63, 3.8) is 0 Å². The summed E-state index contributed by atoms with van der Waals surface area (Å²) in [7, 11) is 0. The van der Waals surface area contributed by atoms with Crippen molar-refractivity contribution in [3.05, 3.63) is 29.3 Å². The Morgan fingerprint density at radius 1 is 1.43 bits per heavy atom. The second-order valence-corrected chi connectivity index (χ2v) is 6.24. The van der Waals surface area contributed by atoms with E-state index < -0.39 is 0 Å². The number of fused-ring (bicyclic) bond motifs is 1. The van der Waals surface area contributed by atoms with Gasteiger partial charge >= 0.3 is 0 Å². The highest BCUT2D eigenvalue weighted by molar-refractivity contribution is 5.96. The second-order valence-electron chi connectivity index (χ2n) is 6.24. The van der Waals surface area contributed by atoms with E-state index in [0.717, 1.165) is 24.9 Å². The predicted octanol–water partition coefficient (Wildman–Crippen LogP) is 3.43. The van der Waals surface area contributed by atoms with Gasteiger partial charge in [0.15, 0.2) is 0 Å². The molecule has 0 saturated carbocycles. The summed E-state index contributed by atoms with van der Waals surface area (Å²) >= 11 is 0. The molecule has 0 saturated heterocycles. The van der Waals surface area contributed by atoms with E-state index in [9.17, 15) is 4.79 Å². The molecule has 1 aromatic rings. The normalized spacial score (nSPS) is 18.7. The molecule has 3 heteroatoms. The fourth-order valence-electron chi connectivity index (χ4n) is 3.23. The molecule has 1 heterocycles. The molecule has 21 heavy (non-hydrogen) atoms. The number of amides is 1. The minimum Gasteiger partial charge on any atom is -0.327 e. The van der Waals surface area contributed by atoms with Crippen LogP contribution in [0.1, 0.15) is 57.6 Å². The largest absolute Gasteiger partial charge is 0.327 e. The minimum absolute atomic E-state index is 0.216. The van der Waals surface area contributed by atoms with Crippen LogP contribution in [0.25, 0.3) is 0 Å². The van der Waals surface area contributed by atoms with Gasteiger partial charge in [0.25, 0.3) is 0 Å². The highest BCUT2D eigenvalue weighted by atomic mass is 16.2. The van der Waals surface area contributed by atoms with E-state index in [1.165, 1.54) is 24.0 Å². The maximum Gasteiger partial charge on any atom is 0.226 e. The second kappa shape index (κ2) is 7.08. The summed E-state index contributed by atoms with van der Waals surface area (Å²) < 4.78 is 0. The van der Waals surface area contributed by atoms with Crippen LogP contribution >= 0.6 is 0 Å². The molecule has 0 aliphatic carbocycles. The van der Waals surface area contributed by atoms with Crippen molar-refractivity contribution < 1.29 is 4.79 Å². The molecular weight excluding hydrogens is 260 g/mol. The first-order valence-electron chi connectivity index (χ1n) is 8.26. The molecule has 0 fully saturated rings. The van der Waals surface area contributed by atoms with E-state index in [1.807, 2.05) is 11.8 Å². The summed E-state index contributed by atoms with van der Waals surface area (Å²) in [5.74, 6) is 0.216. The van der Waals surface area contributed by atoms with Crippen molar-refractivity contribution in [1.82, 2.24) is 0 Å². The van der Waals surface area contributed by atoms with Gasteiger partial charge in [0.1, 0.15) is 0 Å². The first-order valence-corrected chi connectivity index (χ1v) is 8.26. The van der Waals surface area contributed by atoms with Gasteiger partial charge in [-0.2, -0.15) is 0 Å². The standard InChI is InChI=1S/C18H28N2O/c1-4-6-7-16(19)12-14-8-9-17-15(11-14)10-13(3)20(17)18(21)5-2/h8-9,11,13,16H,4-7,10,12,19H2,1-3H3. The average Bonchev–Trinajstić information content (AvgIpc) is 2.79. The fourth-order valence-corrected chi connectivity index (χ4v) is 3.23. The molecule has 0 radical (unpaired) electrons. The maximum atomic E-state index is 12.1. The number of unbranched alkanes of at least 4 members (excludes halogenated alkanes) is 1. The molecule has 2 N–H and O–H groups in total. The highest BCUT2D eigenvalue weighted by Gasteiger charge is 2.29. The number of rotatable bonds is 6. The Bertz CT molecular complexity index is 498. The number of carbonyl (C=O) groups excluding carboxylic acids is 1. The molecule has 1 aliphatic heterocycles. The van der Waals surface area contributed by atoms with Gasteiger partial charge in [-0.15, -0.1) is 0 Å². The summed E-state index contributed by atoms with van der Waals surface area (Å²) in [6.07, 6.45) is 5.94. The van der Waals surface area contributed by atoms with Crippen molar-refractivity contribution in [3.8, 4) is 0 Å². The number of nitrogens with two attached hydrogens (primary N) is 1. The van der Waals surface area contributed by atoms with Crippen LogP contribution in [0.4, 0.5) is 5.69 Å². The topological polar surface area (TPSA) is 46.3 Å². The van der Waals surface area contributed by atoms with Gasteiger partial charge in [0, 0.05) is 24.2 Å². The molecule has 1 amide bonds. The van der Waals surface area contributed by atoms with Crippen LogP contribution in [0.5, 0.6) is 0 Å². The number of hydrogen-bond acceptors (Lipinski definition) is 2. The Kier molecular flexibility index (Phi) is 5.40. The van der Waals surface area contributed by atoms with Crippen LogP contribution < -0.4 is 10.6 Å². The van der Waals surface area contributed by atoms with Crippen molar-refractivity contribution in [2.24, 2.45) is 5.73 Å². The lowest BCUT2D eigenvalue weighted by Crippen LogP contribution is -2.35. The van der Waals surface area contributed by atoms with Gasteiger partial charge in [0.2, 0.25) is 5.91 Å². The van der Waals surface area contributed by atoms with Crippen LogP contribution in [0.2, 0.25) is 0 Å². The summed E-state index contributed by atoms with van der Waals surface area (Å²) in [4.78, 5) is 14.0. The summed E-state index contributed by atoms with van der Waals surface area (Å²) in [6.45, 7) is 6.25. The zero-order valence-electron chi connectivity index (χ0n) is 13.6. The van der Waals surface area contributed by atoms with Crippen LogP contribution in [0, 0.1) is 0 Å². The number of nitrogens with zero attached hydrogens (tertiary/aromatic N) is 1. The molecule has 3 nitrogen and oxygen atoms in total. The highest BCUT2D eigenvalue weighted by Crippen LogP contribution is 2.33. The molecule has 2 unspecified atom stereocenters. The van der Waals surface area contributed by atoms with E-state index in [1.54, 1.807) is 0 Å². The Morgan fingerprint density at radius 3 is 2.86 bits per heavy atom. The summed E-state index contributed by atoms with van der Waals surface area (Å²) in [5, 5.41) is 0. The summed E-state index contributed by atoms with van der Waals surface area (Å²) in [6, 6.07) is 7.01. The predicted molar refractivity (Wildman–Crippen MR) is 88.6 cm³/mol. The molecule has 0 bridgehead atoms. The third-order valence-corrected chi connectivity index (χ3v) is 4.36. The van der Waals surface area contributed by atoms with Gasteiger partial charge in [-0.3, -0.25) is 4.79 Å². The molecule has 2 rings (SSSR count). The van der Waals surface area contributed by atoms with Crippen molar-refractivity contribution in [2.45, 2.75) is 71.4 Å². The van der Waals surface area contributed by atoms with Crippen molar-refractivity contribution in [1.29, 1.82) is 0 Å². The lowest BCUT2D eigenvalue weighted by atomic mass is 9.99. The van der Waals surface area contributed by atoms with E-state index in [2.05, 4.69) is 32.0 Å². The fraction of sp³-hybridized carbons (Fsp3) is 0.611. The monoisotopic (exact) mass is 288 g/mol. The van der Waals surface area contributed by atoms with E-state index >= 15 is 0 Å². The van der Waals surface area contributed by atoms with Crippen LogP contribution in [-0.4, -0.2) is 18.0 Å². The Hall–Kier alpha value is -1.35. The van der Waals surface area contributed by atoms with Gasteiger partial charge < -0.3 is 10.6 Å². The van der Waals surface area contributed by atoms with Crippen LogP contribution in [-0.2, 0) is 17.6 Å². The van der Waals surface area contributed by atoms with Gasteiger partial charge in [-0.25, -0.2) is 0 Å². The molecule has 116 valence electrons. The average molecular weight is 288 g/mol. The van der Waals surface area contributed by atoms with Crippen LogP contribution in [0.3, 0.4) is 0 Å². The third kappa shape index (κ3) is 3.65. The number of carbonyl (C=O) groups is 1. The van der Waals surface area contributed by atoms with Crippen molar-refractivity contribution in [2.75, 3.05) is 4.90 Å². The zero-order valence-corrected chi connectivity index (χ0v) is 13.6. The molecule has 1 aromatic carbocycles. The summed E-state index contributed by atoms with van der Waals surface area (Å²) in [5.41, 5.74) is 9.89. The van der Waals surface area contributed by atoms with Gasteiger partial charge in [-0.05, 0) is 43.4 Å². The Morgan fingerprint density at radius 2 is 2.19 bits per heavy atom. The van der Waals surface area contributed by atoms with Gasteiger partial charge in [0.05, 0.1) is 0 Å². The molecule has 1 aliphatic rings. The molecule has 0 aromatic heterocycles. The van der Waals surface area contributed by atoms with Crippen molar-refractivity contribution >= 4 is 11.6 Å². The quantitative estimate of drug-likeness (QED) is 0.871. The number of benzene rings is 1. The Labute approximate surface area is 128 Å². The lowest BCUT2D eigenvalue weighted by molar-refractivity contribution is -0.118. The smallest absolute Gasteiger partial charge is 0.226 e. The lowest BCUT2D eigenvalue weighted by Gasteiger charge is -2.22. The third-order valence-electron chi connectivity index (χ3n) is 4.36. The SMILES string of the molecule is CCCCC(N)Cc1ccc2c(c1)CC(C)N2C(=O)CC.